The summed E-state index contributed by atoms with van der Waals surface area (Å²) in [5.41, 5.74) is -0.561. The number of aliphatic hydroxyl groups is 9. The Morgan fingerprint density at radius 2 is 1.44 bits per heavy atom. The standard InChI is InChI=1S/C42H68O15/c1-37(18-44)15-21-20-7-8-24-39(3)11-10-26(40(4,19-45)23(39)9-12-42(24,6)41(20,5)14-13-38(21,2)25(46)16-37)55-36-33(30(50)29(49)32(56-36)34(52)53)57-35-31(51)28(48)27(47)22(17-43)54-35/h7,21-33,35-36,43-51H,8-19H2,1-6H3,(H,52,53)/t21-,22+,23+,24+,25+,26-,27+,28-,29-,30-,31+,32-,33+,35-,36+,37+,38+,39-,40+,41+,42+/m0/s1. The second-order valence-electron chi connectivity index (χ2n) is 20.6. The molecule has 0 aromatic heterocycles. The van der Waals surface area contributed by atoms with Gasteiger partial charge in [0.25, 0.3) is 0 Å². The first-order valence-corrected chi connectivity index (χ1v) is 21.1. The monoisotopic (exact) mass is 812 g/mol. The number of aliphatic carboxylic acids is 1. The number of carbonyl (C=O) groups is 1. The van der Waals surface area contributed by atoms with Gasteiger partial charge in [0.2, 0.25) is 0 Å². The van der Waals surface area contributed by atoms with E-state index < -0.39 is 91.6 Å². The summed E-state index contributed by atoms with van der Waals surface area (Å²) < 4.78 is 23.8. The van der Waals surface area contributed by atoms with E-state index in [1.807, 2.05) is 6.92 Å². The molecule has 0 aromatic rings. The summed E-state index contributed by atoms with van der Waals surface area (Å²) >= 11 is 0. The van der Waals surface area contributed by atoms with Gasteiger partial charge in [0, 0.05) is 17.4 Å². The molecule has 4 saturated carbocycles. The molecule has 21 atom stereocenters. The van der Waals surface area contributed by atoms with Gasteiger partial charge in [-0.15, -0.1) is 0 Å². The smallest absolute Gasteiger partial charge is 0.335 e. The number of ether oxygens (including phenoxy) is 4. The van der Waals surface area contributed by atoms with Gasteiger partial charge in [-0.05, 0) is 97.2 Å². The van der Waals surface area contributed by atoms with E-state index in [4.69, 9.17) is 18.9 Å². The van der Waals surface area contributed by atoms with Crippen molar-refractivity contribution in [2.24, 2.45) is 50.2 Å². The van der Waals surface area contributed by atoms with Crippen molar-refractivity contribution >= 4 is 5.97 Å². The summed E-state index contributed by atoms with van der Waals surface area (Å²) in [6, 6.07) is 0. The third kappa shape index (κ3) is 6.43. The number of carboxylic acids is 1. The van der Waals surface area contributed by atoms with Gasteiger partial charge >= 0.3 is 5.97 Å². The first-order chi connectivity index (χ1) is 26.6. The number of allylic oxidation sites excluding steroid dienone is 2. The average Bonchev–Trinajstić information content (AvgIpc) is 3.16. The summed E-state index contributed by atoms with van der Waals surface area (Å²) in [4.78, 5) is 12.2. The Morgan fingerprint density at radius 3 is 2.07 bits per heavy atom. The second kappa shape index (κ2) is 14.9. The maximum absolute atomic E-state index is 12.2. The van der Waals surface area contributed by atoms with E-state index in [1.54, 1.807) is 0 Å². The number of carboxylic acid groups (broad SMARTS) is 1. The molecule has 57 heavy (non-hydrogen) atoms. The Kier molecular flexibility index (Phi) is 11.5. The average molecular weight is 813 g/mol. The van der Waals surface area contributed by atoms with Crippen molar-refractivity contribution in [1.82, 2.24) is 0 Å². The Bertz CT molecular complexity index is 1540. The largest absolute Gasteiger partial charge is 0.479 e. The van der Waals surface area contributed by atoms with Gasteiger partial charge in [0.15, 0.2) is 18.7 Å². The molecule has 0 radical (unpaired) electrons. The van der Waals surface area contributed by atoms with Crippen LogP contribution in [0.5, 0.6) is 0 Å². The Balaban J connectivity index is 1.17. The summed E-state index contributed by atoms with van der Waals surface area (Å²) in [6.07, 6.45) is -9.40. The molecule has 6 fully saturated rings. The van der Waals surface area contributed by atoms with Crippen molar-refractivity contribution in [2.45, 2.75) is 173 Å². The lowest BCUT2D eigenvalue weighted by molar-refractivity contribution is -0.375. The third-order valence-electron chi connectivity index (χ3n) is 17.7. The fourth-order valence-corrected chi connectivity index (χ4v) is 13.7. The summed E-state index contributed by atoms with van der Waals surface area (Å²) in [5.74, 6) is -1.20. The molecule has 15 nitrogen and oxygen atoms in total. The zero-order valence-electron chi connectivity index (χ0n) is 34.2. The van der Waals surface area contributed by atoms with Crippen LogP contribution < -0.4 is 0 Å². The number of rotatable bonds is 8. The van der Waals surface area contributed by atoms with Gasteiger partial charge in [-0.3, -0.25) is 0 Å². The third-order valence-corrected chi connectivity index (χ3v) is 17.7. The predicted molar refractivity (Wildman–Crippen MR) is 201 cm³/mol. The van der Waals surface area contributed by atoms with Crippen molar-refractivity contribution in [1.29, 1.82) is 0 Å². The molecule has 2 saturated heterocycles. The molecule has 0 aromatic carbocycles. The van der Waals surface area contributed by atoms with Gasteiger partial charge < -0.3 is 70.0 Å². The van der Waals surface area contributed by atoms with Crippen LogP contribution in [0.4, 0.5) is 0 Å². The fraction of sp³-hybridized carbons (Fsp3) is 0.929. The summed E-state index contributed by atoms with van der Waals surface area (Å²) in [7, 11) is 0. The molecule has 2 heterocycles. The second-order valence-corrected chi connectivity index (χ2v) is 20.6. The minimum atomic E-state index is -1.98. The maximum Gasteiger partial charge on any atom is 0.335 e. The predicted octanol–water partition coefficient (Wildman–Crippen LogP) is 0.825. The highest BCUT2D eigenvalue weighted by Gasteiger charge is 2.70. The highest BCUT2D eigenvalue weighted by molar-refractivity contribution is 5.73. The van der Waals surface area contributed by atoms with E-state index in [2.05, 4.69) is 40.7 Å². The number of aliphatic hydroxyl groups excluding tert-OH is 9. The molecule has 7 rings (SSSR count). The molecule has 2 aliphatic heterocycles. The van der Waals surface area contributed by atoms with Gasteiger partial charge in [0.1, 0.15) is 42.7 Å². The molecule has 0 bridgehead atoms. The van der Waals surface area contributed by atoms with Gasteiger partial charge in [-0.2, -0.15) is 0 Å². The van der Waals surface area contributed by atoms with Crippen LogP contribution in [0.15, 0.2) is 11.6 Å². The lowest BCUT2D eigenvalue weighted by Crippen LogP contribution is -2.68. The van der Waals surface area contributed by atoms with Crippen molar-refractivity contribution in [3.63, 3.8) is 0 Å². The molecule has 10 N–H and O–H groups in total. The number of hydrogen-bond acceptors (Lipinski definition) is 14. The zero-order chi connectivity index (χ0) is 41.8. The van der Waals surface area contributed by atoms with Crippen LogP contribution in [-0.4, -0.2) is 150 Å². The highest BCUT2D eigenvalue weighted by Crippen LogP contribution is 2.76. The Morgan fingerprint density at radius 1 is 0.737 bits per heavy atom. The quantitative estimate of drug-likeness (QED) is 0.120. The molecule has 0 spiro atoms. The van der Waals surface area contributed by atoms with Crippen LogP contribution in [0.25, 0.3) is 0 Å². The normalized spacial score (nSPS) is 56.4. The SMILES string of the molecule is C[C@]1(CO)C[C@@H](O)[C@]2(C)CC[C@]3(C)C(=CC[C@@H]4[C@@]5(C)CC[C@H](O[C@@H]6O[C@H](C(=O)O)[C@@H](O)[C@H](O)[C@H]6O[C@@H]6O[C@H](CO)[C@@H](O)[C@H](O)[C@H]6O)[C@](C)(CO)[C@@H]5CC[C@]43C)[C@@H]2C1. The molecule has 0 amide bonds. The first kappa shape index (κ1) is 43.8. The fourth-order valence-electron chi connectivity index (χ4n) is 13.7. The summed E-state index contributed by atoms with van der Waals surface area (Å²) in [6.45, 7) is 12.5. The van der Waals surface area contributed by atoms with E-state index in [-0.39, 0.29) is 58.0 Å². The van der Waals surface area contributed by atoms with Crippen molar-refractivity contribution in [2.75, 3.05) is 19.8 Å². The lowest BCUT2D eigenvalue weighted by Gasteiger charge is -2.72. The summed E-state index contributed by atoms with van der Waals surface area (Å²) in [5, 5.41) is 106. The van der Waals surface area contributed by atoms with Crippen LogP contribution in [0, 0.1) is 50.2 Å². The number of hydrogen-bond donors (Lipinski definition) is 10. The van der Waals surface area contributed by atoms with Gasteiger partial charge in [0.05, 0.1) is 25.4 Å². The molecule has 15 heteroatoms. The Hall–Kier alpha value is -1.31. The highest BCUT2D eigenvalue weighted by atomic mass is 16.8. The maximum atomic E-state index is 12.2. The van der Waals surface area contributed by atoms with E-state index in [9.17, 15) is 55.9 Å². The van der Waals surface area contributed by atoms with Gasteiger partial charge in [-0.1, -0.05) is 53.2 Å². The van der Waals surface area contributed by atoms with Crippen LogP contribution in [0.3, 0.4) is 0 Å². The topological polar surface area (TPSA) is 256 Å². The first-order valence-electron chi connectivity index (χ1n) is 21.1. The minimum Gasteiger partial charge on any atom is -0.479 e. The molecular weight excluding hydrogens is 744 g/mol. The van der Waals surface area contributed by atoms with E-state index in [0.29, 0.717) is 19.3 Å². The zero-order valence-corrected chi connectivity index (χ0v) is 34.2. The van der Waals surface area contributed by atoms with E-state index in [1.165, 1.54) is 5.57 Å². The Labute approximate surface area is 335 Å². The van der Waals surface area contributed by atoms with Crippen molar-refractivity contribution in [3.8, 4) is 0 Å². The van der Waals surface area contributed by atoms with Crippen LogP contribution in [-0.2, 0) is 23.7 Å². The minimum absolute atomic E-state index is 0.0340. The van der Waals surface area contributed by atoms with Crippen molar-refractivity contribution in [3.05, 3.63) is 11.6 Å². The molecule has 7 aliphatic rings. The van der Waals surface area contributed by atoms with E-state index in [0.717, 1.165) is 38.5 Å². The van der Waals surface area contributed by atoms with Crippen LogP contribution in [0.2, 0.25) is 0 Å². The van der Waals surface area contributed by atoms with Gasteiger partial charge in [-0.25, -0.2) is 4.79 Å². The molecular formula is C42H68O15. The van der Waals surface area contributed by atoms with Crippen LogP contribution >= 0.6 is 0 Å². The molecule has 326 valence electrons. The lowest BCUT2D eigenvalue weighted by atomic mass is 9.33. The van der Waals surface area contributed by atoms with E-state index >= 15 is 0 Å². The molecule has 0 unspecified atom stereocenters. The van der Waals surface area contributed by atoms with Crippen molar-refractivity contribution < 1.29 is 74.8 Å². The molecule has 5 aliphatic carbocycles. The van der Waals surface area contributed by atoms with Crippen LogP contribution in [0.1, 0.15) is 99.3 Å². The number of fused-ring (bicyclic) bond motifs is 7.